The first-order valence-electron chi connectivity index (χ1n) is 7.24. The van der Waals surface area contributed by atoms with Gasteiger partial charge in [0.2, 0.25) is 5.28 Å². The van der Waals surface area contributed by atoms with Crippen molar-refractivity contribution < 1.29 is 18.7 Å². The molecular weight excluding hydrogens is 337 g/mol. The van der Waals surface area contributed by atoms with Crippen LogP contribution in [0, 0.1) is 5.82 Å². The number of hydrogen-bond donors (Lipinski definition) is 1. The highest BCUT2D eigenvalue weighted by Gasteiger charge is 2.16. The quantitative estimate of drug-likeness (QED) is 0.476. The minimum atomic E-state index is -0.603. The van der Waals surface area contributed by atoms with E-state index in [2.05, 4.69) is 21.9 Å². The molecule has 1 aromatic heterocycles. The number of amides is 1. The van der Waals surface area contributed by atoms with E-state index in [0.717, 1.165) is 6.20 Å². The van der Waals surface area contributed by atoms with E-state index in [-0.39, 0.29) is 24.0 Å². The fourth-order valence-electron chi connectivity index (χ4n) is 1.62. The van der Waals surface area contributed by atoms with Gasteiger partial charge in [0.1, 0.15) is 5.60 Å². The molecule has 0 aliphatic carbocycles. The van der Waals surface area contributed by atoms with Crippen LogP contribution in [0.3, 0.4) is 0 Å². The molecule has 0 atom stereocenters. The van der Waals surface area contributed by atoms with Crippen LogP contribution in [0.5, 0.6) is 0 Å². The van der Waals surface area contributed by atoms with Crippen molar-refractivity contribution in [2.45, 2.75) is 39.7 Å². The topological polar surface area (TPSA) is 73.3 Å². The third-order valence-corrected chi connectivity index (χ3v) is 2.68. The van der Waals surface area contributed by atoms with Gasteiger partial charge in [-0.2, -0.15) is 0 Å². The molecule has 1 rings (SSSR count). The summed E-state index contributed by atoms with van der Waals surface area (Å²) in [4.78, 5) is 18.9. The molecule has 0 bridgehead atoms. The van der Waals surface area contributed by atoms with Gasteiger partial charge in [-0.15, -0.1) is 0 Å². The second-order valence-electron chi connectivity index (χ2n) is 5.94. The smallest absolute Gasteiger partial charge is 0.412 e. The lowest BCUT2D eigenvalue weighted by Crippen LogP contribution is -2.31. The normalized spacial score (nSPS) is 11.8. The van der Waals surface area contributed by atoms with Gasteiger partial charge >= 0.3 is 6.09 Å². The number of hydrogen-bond acceptors (Lipinski definition) is 5. The van der Waals surface area contributed by atoms with Crippen LogP contribution >= 0.6 is 11.6 Å². The van der Waals surface area contributed by atoms with Crippen LogP contribution in [0.15, 0.2) is 30.3 Å². The van der Waals surface area contributed by atoms with E-state index in [4.69, 9.17) is 21.1 Å². The van der Waals surface area contributed by atoms with E-state index in [1.54, 1.807) is 27.7 Å². The molecule has 6 nitrogen and oxygen atoms in total. The summed E-state index contributed by atoms with van der Waals surface area (Å²) in [6.45, 7) is 10.8. The van der Waals surface area contributed by atoms with Crippen LogP contribution in [0.4, 0.5) is 9.18 Å². The van der Waals surface area contributed by atoms with Crippen LogP contribution in [0.1, 0.15) is 33.4 Å². The molecule has 1 N–H and O–H groups in total. The van der Waals surface area contributed by atoms with Crippen LogP contribution in [-0.4, -0.2) is 28.3 Å². The van der Waals surface area contributed by atoms with Crippen molar-refractivity contribution in [2.24, 2.45) is 0 Å². The molecule has 132 valence electrons. The van der Waals surface area contributed by atoms with Gasteiger partial charge in [-0.1, -0.05) is 6.58 Å². The van der Waals surface area contributed by atoms with E-state index < -0.39 is 17.5 Å². The van der Waals surface area contributed by atoms with Crippen molar-refractivity contribution in [3.63, 3.8) is 0 Å². The Kier molecular flexibility index (Phi) is 7.16. The van der Waals surface area contributed by atoms with Crippen LogP contribution < -0.4 is 5.32 Å². The summed E-state index contributed by atoms with van der Waals surface area (Å²) in [5, 5.41) is 2.46. The first-order valence-corrected chi connectivity index (χ1v) is 7.61. The molecule has 0 aliphatic heterocycles. The van der Waals surface area contributed by atoms with E-state index in [9.17, 15) is 9.18 Å². The van der Waals surface area contributed by atoms with Crippen molar-refractivity contribution in [1.82, 2.24) is 15.3 Å². The second-order valence-corrected chi connectivity index (χ2v) is 6.28. The number of halogens is 2. The van der Waals surface area contributed by atoms with Crippen molar-refractivity contribution in [2.75, 3.05) is 6.61 Å². The molecule has 1 aromatic rings. The van der Waals surface area contributed by atoms with Crippen LogP contribution in [0.25, 0.3) is 0 Å². The van der Waals surface area contributed by atoms with Gasteiger partial charge in [0.25, 0.3) is 0 Å². The fourth-order valence-corrected chi connectivity index (χ4v) is 1.77. The number of nitrogens with one attached hydrogen (secondary N) is 1. The minimum absolute atomic E-state index is 0.0198. The summed E-state index contributed by atoms with van der Waals surface area (Å²) in [5.74, 6) is -0.0442. The summed E-state index contributed by atoms with van der Waals surface area (Å²) in [6, 6.07) is 0. The van der Waals surface area contributed by atoms with Crippen molar-refractivity contribution in [3.05, 3.63) is 47.1 Å². The highest BCUT2D eigenvalue weighted by molar-refractivity contribution is 6.28. The average molecular weight is 358 g/mol. The van der Waals surface area contributed by atoms with Gasteiger partial charge in [-0.3, -0.25) is 5.32 Å². The van der Waals surface area contributed by atoms with Gasteiger partial charge in [0.15, 0.2) is 5.82 Å². The molecule has 0 spiro atoms. The molecule has 0 unspecified atom stereocenters. The Hall–Kier alpha value is -2.15. The Bertz CT molecular complexity index is 642. The number of allylic oxidation sites excluding steroid dienone is 2. The summed E-state index contributed by atoms with van der Waals surface area (Å²) >= 11 is 5.62. The maximum atomic E-state index is 13.5. The molecule has 1 heterocycles. The highest BCUT2D eigenvalue weighted by Crippen LogP contribution is 2.10. The largest absolute Gasteiger partial charge is 0.498 e. The predicted octanol–water partition coefficient (Wildman–Crippen LogP) is 3.77. The minimum Gasteiger partial charge on any atom is -0.498 e. The maximum Gasteiger partial charge on any atom is 0.412 e. The van der Waals surface area contributed by atoms with Gasteiger partial charge in [-0.05, 0) is 45.4 Å². The van der Waals surface area contributed by atoms with Crippen LogP contribution in [-0.2, 0) is 15.9 Å². The molecule has 1 amide bonds. The average Bonchev–Trinajstić information content (AvgIpc) is 2.40. The van der Waals surface area contributed by atoms with E-state index in [1.807, 2.05) is 0 Å². The first kappa shape index (κ1) is 19.9. The summed E-state index contributed by atoms with van der Waals surface area (Å²) in [7, 11) is 0. The Labute approximate surface area is 145 Å². The van der Waals surface area contributed by atoms with Gasteiger partial charge in [0, 0.05) is 12.1 Å². The Morgan fingerprint density at radius 1 is 1.50 bits per heavy atom. The SMILES string of the molecule is C=C(/C=C(\C)OCCc1nc(Cl)ncc1F)NC(=O)OC(C)(C)C. The number of alkyl carbamates (subject to hydrolysis) is 1. The van der Waals surface area contributed by atoms with E-state index in [0.29, 0.717) is 11.5 Å². The van der Waals surface area contributed by atoms with Crippen molar-refractivity contribution >= 4 is 17.7 Å². The molecule has 0 aliphatic rings. The lowest BCUT2D eigenvalue weighted by Gasteiger charge is -2.19. The van der Waals surface area contributed by atoms with Gasteiger partial charge in [0.05, 0.1) is 24.3 Å². The van der Waals surface area contributed by atoms with Crippen molar-refractivity contribution in [3.8, 4) is 0 Å². The summed E-state index contributed by atoms with van der Waals surface area (Å²) in [5.41, 5.74) is -0.103. The summed E-state index contributed by atoms with van der Waals surface area (Å²) < 4.78 is 24.0. The Balaban J connectivity index is 2.45. The zero-order valence-corrected chi connectivity index (χ0v) is 14.9. The summed E-state index contributed by atoms with van der Waals surface area (Å²) in [6.07, 6.45) is 2.17. The molecule has 0 fully saturated rings. The van der Waals surface area contributed by atoms with Gasteiger partial charge < -0.3 is 9.47 Å². The second kappa shape index (κ2) is 8.63. The third kappa shape index (κ3) is 7.92. The third-order valence-electron chi connectivity index (χ3n) is 2.49. The zero-order valence-electron chi connectivity index (χ0n) is 14.2. The number of carbonyl (C=O) groups excluding carboxylic acids is 1. The van der Waals surface area contributed by atoms with Gasteiger partial charge in [-0.25, -0.2) is 19.2 Å². The molecule has 8 heteroatoms. The lowest BCUT2D eigenvalue weighted by atomic mass is 10.2. The monoisotopic (exact) mass is 357 g/mol. The number of rotatable bonds is 6. The number of ether oxygens (including phenoxy) is 2. The predicted molar refractivity (Wildman–Crippen MR) is 88.9 cm³/mol. The Morgan fingerprint density at radius 3 is 2.79 bits per heavy atom. The van der Waals surface area contributed by atoms with Crippen molar-refractivity contribution in [1.29, 1.82) is 0 Å². The maximum absolute atomic E-state index is 13.5. The fraction of sp³-hybridized carbons (Fsp3) is 0.438. The lowest BCUT2D eigenvalue weighted by molar-refractivity contribution is 0.0548. The molecule has 0 saturated heterocycles. The number of nitrogens with zero attached hydrogens (tertiary/aromatic N) is 2. The standard InChI is InChI=1S/C16H21ClFN3O3/c1-10(20-15(22)24-16(3,4)5)8-11(2)23-7-6-13-12(18)9-19-14(17)21-13/h8-9H,1,6-7H2,2-5H3,(H,20,22)/b11-8+. The molecule has 0 radical (unpaired) electrons. The highest BCUT2D eigenvalue weighted by atomic mass is 35.5. The van der Waals surface area contributed by atoms with E-state index >= 15 is 0 Å². The van der Waals surface area contributed by atoms with Crippen LogP contribution in [0.2, 0.25) is 5.28 Å². The zero-order chi connectivity index (χ0) is 18.3. The van der Waals surface area contributed by atoms with E-state index in [1.165, 1.54) is 6.08 Å². The molecule has 24 heavy (non-hydrogen) atoms. The number of carbonyl (C=O) groups is 1. The Morgan fingerprint density at radius 2 is 2.17 bits per heavy atom. The molecule has 0 aromatic carbocycles. The first-order chi connectivity index (χ1) is 11.1. The number of aromatic nitrogens is 2. The molecular formula is C16H21ClFN3O3. The molecule has 0 saturated carbocycles.